The Labute approximate surface area is 173 Å². The van der Waals surface area contributed by atoms with Gasteiger partial charge in [-0.1, -0.05) is 30.3 Å². The number of nitrogens with zero attached hydrogens (tertiary/aromatic N) is 3. The Morgan fingerprint density at radius 2 is 1.80 bits per heavy atom. The van der Waals surface area contributed by atoms with Crippen LogP contribution in [0.2, 0.25) is 0 Å². The van der Waals surface area contributed by atoms with Crippen molar-refractivity contribution in [2.45, 2.75) is 19.9 Å². The normalized spacial score (nSPS) is 11.9. The molecule has 0 spiro atoms. The molecule has 4 rings (SSSR count). The van der Waals surface area contributed by atoms with Crippen molar-refractivity contribution >= 4 is 22.4 Å². The molecule has 0 aliphatic heterocycles. The Kier molecular flexibility index (Phi) is 5.02. The van der Waals surface area contributed by atoms with Crippen LogP contribution in [0.3, 0.4) is 0 Å². The highest BCUT2D eigenvalue weighted by atomic mass is 16.6. The Bertz CT molecular complexity index is 1260. The molecule has 0 unspecified atom stereocenters. The van der Waals surface area contributed by atoms with Crippen LogP contribution in [-0.2, 0) is 0 Å². The van der Waals surface area contributed by atoms with Crippen molar-refractivity contribution in [1.29, 1.82) is 0 Å². The summed E-state index contributed by atoms with van der Waals surface area (Å²) in [4.78, 5) is 20.1. The summed E-state index contributed by atoms with van der Waals surface area (Å²) in [5.74, 6) is 0.536. The Morgan fingerprint density at radius 1 is 1.03 bits per heavy atom. The van der Waals surface area contributed by atoms with Crippen LogP contribution < -0.4 is 5.32 Å². The van der Waals surface area contributed by atoms with Crippen LogP contribution in [0.25, 0.3) is 10.9 Å². The number of anilines is 1. The highest BCUT2D eigenvalue weighted by Gasteiger charge is 2.27. The van der Waals surface area contributed by atoms with Gasteiger partial charge >= 0.3 is 0 Å². The maximum atomic E-state index is 11.7. The largest absolute Gasteiger partial charge is 0.505 e. The molecule has 0 bridgehead atoms. The molecule has 2 aromatic heterocycles. The fourth-order valence-corrected chi connectivity index (χ4v) is 3.50. The van der Waals surface area contributed by atoms with Crippen LogP contribution in [0.5, 0.6) is 5.75 Å². The van der Waals surface area contributed by atoms with Gasteiger partial charge in [0.2, 0.25) is 0 Å². The quantitative estimate of drug-likeness (QED) is 0.359. The van der Waals surface area contributed by atoms with Gasteiger partial charge in [-0.05, 0) is 43.7 Å². The lowest BCUT2D eigenvalue weighted by atomic mass is 9.95. The first-order chi connectivity index (χ1) is 14.4. The van der Waals surface area contributed by atoms with E-state index in [2.05, 4.69) is 15.3 Å². The average Bonchev–Trinajstić information content (AvgIpc) is 2.73. The van der Waals surface area contributed by atoms with Gasteiger partial charge in [-0.15, -0.1) is 0 Å². The van der Waals surface area contributed by atoms with Crippen LogP contribution in [0.4, 0.5) is 11.5 Å². The Hall–Kier alpha value is -4.00. The number of nitro benzene ring substituents is 1. The lowest BCUT2D eigenvalue weighted by Gasteiger charge is -2.22. The van der Waals surface area contributed by atoms with E-state index in [4.69, 9.17) is 0 Å². The van der Waals surface area contributed by atoms with Crippen LogP contribution in [0.1, 0.15) is 28.4 Å². The molecule has 1 atom stereocenters. The van der Waals surface area contributed by atoms with E-state index in [-0.39, 0.29) is 11.4 Å². The molecular weight excluding hydrogens is 380 g/mol. The van der Waals surface area contributed by atoms with E-state index in [1.807, 2.05) is 44.2 Å². The molecule has 0 radical (unpaired) electrons. The summed E-state index contributed by atoms with van der Waals surface area (Å²) >= 11 is 0. The monoisotopic (exact) mass is 400 g/mol. The number of phenolic OH excluding ortho intramolecular Hbond substituents is 1. The fourth-order valence-electron chi connectivity index (χ4n) is 3.50. The number of benzene rings is 2. The lowest BCUT2D eigenvalue weighted by molar-refractivity contribution is -0.385. The molecule has 30 heavy (non-hydrogen) atoms. The second-order valence-corrected chi connectivity index (χ2v) is 7.14. The minimum atomic E-state index is -0.701. The molecular formula is C23H20N4O3. The predicted molar refractivity (Wildman–Crippen MR) is 116 cm³/mol. The number of phenols is 1. The number of hydrogen-bond donors (Lipinski definition) is 2. The number of rotatable bonds is 5. The van der Waals surface area contributed by atoms with E-state index in [9.17, 15) is 15.2 Å². The van der Waals surface area contributed by atoms with Gasteiger partial charge in [-0.25, -0.2) is 9.97 Å². The van der Waals surface area contributed by atoms with Crippen molar-refractivity contribution in [3.63, 3.8) is 0 Å². The maximum absolute atomic E-state index is 11.7. The first-order valence-electron chi connectivity index (χ1n) is 9.46. The number of pyridine rings is 2. The highest BCUT2D eigenvalue weighted by Crippen LogP contribution is 2.39. The smallest absolute Gasteiger partial charge is 0.275 e. The second kappa shape index (κ2) is 7.79. The third-order valence-corrected chi connectivity index (χ3v) is 4.97. The zero-order valence-electron chi connectivity index (χ0n) is 16.5. The Morgan fingerprint density at radius 3 is 2.57 bits per heavy atom. The summed E-state index contributed by atoms with van der Waals surface area (Å²) in [5, 5.41) is 26.8. The van der Waals surface area contributed by atoms with Crippen LogP contribution >= 0.6 is 0 Å². The lowest BCUT2D eigenvalue weighted by Crippen LogP contribution is -2.15. The van der Waals surface area contributed by atoms with Crippen molar-refractivity contribution in [3.8, 4) is 5.75 Å². The SMILES string of the molecule is Cc1ccnc(N[C@H](c2ccccc2[N+](=O)[O-])c2ccc3ccc(C)nc3c2O)c1. The number of hydrogen-bond acceptors (Lipinski definition) is 6. The molecule has 4 aromatic rings. The summed E-state index contributed by atoms with van der Waals surface area (Å²) in [6.45, 7) is 3.78. The molecule has 0 fully saturated rings. The molecule has 2 heterocycles. The molecule has 0 saturated carbocycles. The summed E-state index contributed by atoms with van der Waals surface area (Å²) in [7, 11) is 0. The van der Waals surface area contributed by atoms with Crippen molar-refractivity contribution < 1.29 is 10.0 Å². The summed E-state index contributed by atoms with van der Waals surface area (Å²) < 4.78 is 0. The molecule has 0 aliphatic rings. The van der Waals surface area contributed by atoms with Crippen molar-refractivity contribution in [3.05, 3.63) is 99.4 Å². The first-order valence-corrected chi connectivity index (χ1v) is 9.46. The molecule has 150 valence electrons. The number of para-hydroxylation sites is 1. The van der Waals surface area contributed by atoms with E-state index in [1.165, 1.54) is 6.07 Å². The summed E-state index contributed by atoms with van der Waals surface area (Å²) in [5.41, 5.74) is 3.08. The fraction of sp³-hybridized carbons (Fsp3) is 0.130. The average molecular weight is 400 g/mol. The zero-order chi connectivity index (χ0) is 21.3. The zero-order valence-corrected chi connectivity index (χ0v) is 16.5. The van der Waals surface area contributed by atoms with E-state index < -0.39 is 11.0 Å². The van der Waals surface area contributed by atoms with Crippen LogP contribution in [-0.4, -0.2) is 20.0 Å². The van der Waals surface area contributed by atoms with E-state index >= 15 is 0 Å². The number of nitro groups is 1. The molecule has 2 N–H and O–H groups in total. The number of nitrogens with one attached hydrogen (secondary N) is 1. The predicted octanol–water partition coefficient (Wildman–Crippen LogP) is 5.06. The highest BCUT2D eigenvalue weighted by molar-refractivity contribution is 5.86. The van der Waals surface area contributed by atoms with E-state index in [0.717, 1.165) is 16.6 Å². The van der Waals surface area contributed by atoms with Gasteiger partial charge in [0.05, 0.1) is 16.5 Å². The van der Waals surface area contributed by atoms with Gasteiger partial charge in [-0.2, -0.15) is 0 Å². The molecule has 7 heteroatoms. The van der Waals surface area contributed by atoms with E-state index in [1.54, 1.807) is 30.5 Å². The standard InChI is InChI=1S/C23H20N4O3/c1-14-11-12-24-20(13-14)26-22(17-5-3-4-6-19(17)27(29)30)18-10-9-16-8-7-15(2)25-21(16)23(18)28/h3-13,22,28H,1-2H3,(H,24,26)/t22-/m1/s1. The number of fused-ring (bicyclic) bond motifs is 1. The van der Waals surface area contributed by atoms with Crippen molar-refractivity contribution in [1.82, 2.24) is 9.97 Å². The maximum Gasteiger partial charge on any atom is 0.275 e. The van der Waals surface area contributed by atoms with Crippen molar-refractivity contribution in [2.24, 2.45) is 0 Å². The van der Waals surface area contributed by atoms with Gasteiger partial charge in [0, 0.05) is 28.9 Å². The molecule has 0 saturated heterocycles. The third-order valence-electron chi connectivity index (χ3n) is 4.97. The van der Waals surface area contributed by atoms with Gasteiger partial charge in [0.25, 0.3) is 5.69 Å². The Balaban J connectivity index is 1.93. The molecule has 0 aliphatic carbocycles. The molecule has 2 aromatic carbocycles. The van der Waals surface area contributed by atoms with Gasteiger partial charge in [0.1, 0.15) is 17.1 Å². The second-order valence-electron chi connectivity index (χ2n) is 7.14. The number of aryl methyl sites for hydroxylation is 2. The first kappa shape index (κ1) is 19.3. The van der Waals surface area contributed by atoms with Crippen LogP contribution in [0, 0.1) is 24.0 Å². The molecule has 0 amide bonds. The topological polar surface area (TPSA) is 101 Å². The minimum Gasteiger partial charge on any atom is -0.505 e. The van der Waals surface area contributed by atoms with Crippen LogP contribution in [0.15, 0.2) is 66.9 Å². The van der Waals surface area contributed by atoms with Gasteiger partial charge in [0.15, 0.2) is 0 Å². The minimum absolute atomic E-state index is 0.0143. The summed E-state index contributed by atoms with van der Waals surface area (Å²) in [6.07, 6.45) is 1.67. The van der Waals surface area contributed by atoms with Gasteiger partial charge in [-0.3, -0.25) is 10.1 Å². The summed E-state index contributed by atoms with van der Waals surface area (Å²) in [6, 6.07) is 16.9. The van der Waals surface area contributed by atoms with Gasteiger partial charge < -0.3 is 10.4 Å². The molecule has 7 nitrogen and oxygen atoms in total. The van der Waals surface area contributed by atoms with Crippen molar-refractivity contribution in [2.75, 3.05) is 5.32 Å². The van der Waals surface area contributed by atoms with E-state index in [0.29, 0.717) is 22.5 Å². The third kappa shape index (κ3) is 3.65. The number of aromatic hydroxyl groups is 1. The number of aromatic nitrogens is 2.